The van der Waals surface area contributed by atoms with Crippen molar-refractivity contribution in [2.45, 2.75) is 31.1 Å². The van der Waals surface area contributed by atoms with Crippen LogP contribution < -0.4 is 11.1 Å². The predicted molar refractivity (Wildman–Crippen MR) is 53.5 cm³/mol. The van der Waals surface area contributed by atoms with Gasteiger partial charge in [-0.05, 0) is 19.8 Å². The van der Waals surface area contributed by atoms with Crippen molar-refractivity contribution in [3.8, 4) is 0 Å². The number of amides is 1. The van der Waals surface area contributed by atoms with Gasteiger partial charge in [0.2, 0.25) is 5.91 Å². The van der Waals surface area contributed by atoms with Crippen molar-refractivity contribution in [2.24, 2.45) is 5.73 Å². The van der Waals surface area contributed by atoms with Gasteiger partial charge in [-0.25, -0.2) is 8.42 Å². The Labute approximate surface area is 84.0 Å². The maximum atomic E-state index is 11.4. The fourth-order valence-electron chi connectivity index (χ4n) is 1.46. The van der Waals surface area contributed by atoms with E-state index in [1.54, 1.807) is 6.92 Å². The molecule has 6 heteroatoms. The number of hydrogen-bond donors (Lipinski definition) is 2. The van der Waals surface area contributed by atoms with Crippen molar-refractivity contribution in [3.05, 3.63) is 0 Å². The smallest absolute Gasteiger partial charge is 0.238 e. The van der Waals surface area contributed by atoms with Crippen molar-refractivity contribution in [1.82, 2.24) is 5.32 Å². The highest BCUT2D eigenvalue weighted by Crippen LogP contribution is 2.19. The van der Waals surface area contributed by atoms with Crippen molar-refractivity contribution in [1.29, 1.82) is 0 Å². The number of rotatable bonds is 3. The lowest BCUT2D eigenvalue weighted by Crippen LogP contribution is -2.42. The molecular weight excluding hydrogens is 204 g/mol. The Bertz CT molecular complexity index is 311. The third kappa shape index (κ3) is 2.68. The highest BCUT2D eigenvalue weighted by atomic mass is 32.2. The standard InChI is InChI=1S/C8H16N2O3S/c1-6(9)5-10-8(11)7-3-2-4-14(7,12)13/h6-7H,2-5,9H2,1H3,(H,10,11). The molecule has 82 valence electrons. The monoisotopic (exact) mass is 220 g/mol. The van der Waals surface area contributed by atoms with Crippen molar-refractivity contribution < 1.29 is 13.2 Å². The Morgan fingerprint density at radius 3 is 2.71 bits per heavy atom. The van der Waals surface area contributed by atoms with E-state index in [2.05, 4.69) is 5.32 Å². The molecule has 1 aliphatic heterocycles. The van der Waals surface area contributed by atoms with Gasteiger partial charge in [0.15, 0.2) is 9.84 Å². The first-order valence-electron chi connectivity index (χ1n) is 4.68. The summed E-state index contributed by atoms with van der Waals surface area (Å²) in [6, 6.07) is -0.150. The van der Waals surface area contributed by atoms with Gasteiger partial charge in [-0.2, -0.15) is 0 Å². The van der Waals surface area contributed by atoms with Crippen LogP contribution in [0.25, 0.3) is 0 Å². The molecule has 0 aromatic carbocycles. The second-order valence-corrected chi connectivity index (χ2v) is 6.02. The minimum absolute atomic E-state index is 0.128. The summed E-state index contributed by atoms with van der Waals surface area (Å²) < 4.78 is 22.7. The first-order chi connectivity index (χ1) is 6.43. The number of hydrogen-bond acceptors (Lipinski definition) is 4. The third-order valence-corrected chi connectivity index (χ3v) is 4.39. The van der Waals surface area contributed by atoms with Crippen LogP contribution in [0.1, 0.15) is 19.8 Å². The number of nitrogens with two attached hydrogens (primary N) is 1. The maximum Gasteiger partial charge on any atom is 0.238 e. The topological polar surface area (TPSA) is 89.3 Å². The van der Waals surface area contributed by atoms with E-state index < -0.39 is 21.0 Å². The van der Waals surface area contributed by atoms with Crippen LogP contribution in [-0.4, -0.2) is 37.9 Å². The van der Waals surface area contributed by atoms with E-state index in [0.717, 1.165) is 0 Å². The number of sulfone groups is 1. The zero-order chi connectivity index (χ0) is 10.8. The van der Waals surface area contributed by atoms with Gasteiger partial charge < -0.3 is 11.1 Å². The predicted octanol–water partition coefficient (Wildman–Crippen LogP) is -0.973. The lowest BCUT2D eigenvalue weighted by molar-refractivity contribution is -0.120. The molecule has 1 rings (SSSR count). The molecule has 0 saturated carbocycles. The Morgan fingerprint density at radius 1 is 1.64 bits per heavy atom. The van der Waals surface area contributed by atoms with E-state index in [0.29, 0.717) is 19.4 Å². The molecule has 3 N–H and O–H groups in total. The average molecular weight is 220 g/mol. The fourth-order valence-corrected chi connectivity index (χ4v) is 3.25. The Morgan fingerprint density at radius 2 is 2.29 bits per heavy atom. The number of nitrogens with one attached hydrogen (secondary N) is 1. The number of carbonyl (C=O) groups is 1. The van der Waals surface area contributed by atoms with Gasteiger partial charge in [-0.1, -0.05) is 0 Å². The quantitative estimate of drug-likeness (QED) is 0.640. The molecule has 0 aliphatic carbocycles. The summed E-state index contributed by atoms with van der Waals surface area (Å²) in [6.45, 7) is 2.08. The maximum absolute atomic E-state index is 11.4. The van der Waals surface area contributed by atoms with Gasteiger partial charge in [0.1, 0.15) is 5.25 Å². The molecule has 1 saturated heterocycles. The normalized spacial score (nSPS) is 27.1. The average Bonchev–Trinajstić information content (AvgIpc) is 2.41. The molecule has 1 amide bonds. The lowest BCUT2D eigenvalue weighted by atomic mass is 10.2. The largest absolute Gasteiger partial charge is 0.353 e. The summed E-state index contributed by atoms with van der Waals surface area (Å²) in [7, 11) is -3.19. The van der Waals surface area contributed by atoms with Gasteiger partial charge in [-0.15, -0.1) is 0 Å². The van der Waals surface area contributed by atoms with Gasteiger partial charge >= 0.3 is 0 Å². The molecule has 0 bridgehead atoms. The van der Waals surface area contributed by atoms with Crippen molar-refractivity contribution in [2.75, 3.05) is 12.3 Å². The summed E-state index contributed by atoms with van der Waals surface area (Å²) >= 11 is 0. The fraction of sp³-hybridized carbons (Fsp3) is 0.875. The minimum atomic E-state index is -3.19. The molecule has 14 heavy (non-hydrogen) atoms. The molecule has 0 aromatic rings. The molecule has 2 unspecified atom stereocenters. The van der Waals surface area contributed by atoms with Crippen LogP contribution in [0.15, 0.2) is 0 Å². The molecule has 5 nitrogen and oxygen atoms in total. The van der Waals surface area contributed by atoms with E-state index in [1.165, 1.54) is 0 Å². The zero-order valence-corrected chi connectivity index (χ0v) is 9.01. The van der Waals surface area contributed by atoms with E-state index in [1.807, 2.05) is 0 Å². The van der Waals surface area contributed by atoms with E-state index in [-0.39, 0.29) is 11.8 Å². The summed E-state index contributed by atoms with van der Waals surface area (Å²) in [4.78, 5) is 11.4. The van der Waals surface area contributed by atoms with Crippen LogP contribution in [0.4, 0.5) is 0 Å². The first-order valence-corrected chi connectivity index (χ1v) is 6.40. The summed E-state index contributed by atoms with van der Waals surface area (Å²) in [5, 5.41) is 1.69. The first kappa shape index (κ1) is 11.5. The second-order valence-electron chi connectivity index (χ2n) is 3.72. The van der Waals surface area contributed by atoms with Crippen LogP contribution in [0.3, 0.4) is 0 Å². The zero-order valence-electron chi connectivity index (χ0n) is 8.19. The molecule has 0 aromatic heterocycles. The van der Waals surface area contributed by atoms with Gasteiger partial charge in [-0.3, -0.25) is 4.79 Å². The molecule has 1 fully saturated rings. The molecular formula is C8H16N2O3S. The lowest BCUT2D eigenvalue weighted by Gasteiger charge is -2.11. The second kappa shape index (κ2) is 4.27. The van der Waals surface area contributed by atoms with Crippen LogP contribution in [0.5, 0.6) is 0 Å². The Kier molecular flexibility index (Phi) is 3.49. The van der Waals surface area contributed by atoms with Gasteiger partial charge in [0.05, 0.1) is 5.75 Å². The van der Waals surface area contributed by atoms with E-state index in [9.17, 15) is 13.2 Å². The highest BCUT2D eigenvalue weighted by molar-refractivity contribution is 7.93. The van der Waals surface area contributed by atoms with Crippen LogP contribution >= 0.6 is 0 Å². The molecule has 2 atom stereocenters. The number of carbonyl (C=O) groups excluding carboxylic acids is 1. The SMILES string of the molecule is CC(N)CNC(=O)C1CCCS1(=O)=O. The third-order valence-electron chi connectivity index (χ3n) is 2.22. The Balaban J connectivity index is 2.53. The van der Waals surface area contributed by atoms with Crippen LogP contribution in [0.2, 0.25) is 0 Å². The summed E-state index contributed by atoms with van der Waals surface area (Å²) in [5.41, 5.74) is 5.44. The Hall–Kier alpha value is -0.620. The van der Waals surface area contributed by atoms with Gasteiger partial charge in [0.25, 0.3) is 0 Å². The van der Waals surface area contributed by atoms with Crippen LogP contribution in [0, 0.1) is 0 Å². The van der Waals surface area contributed by atoms with E-state index >= 15 is 0 Å². The molecule has 1 heterocycles. The van der Waals surface area contributed by atoms with Crippen molar-refractivity contribution >= 4 is 15.7 Å². The summed E-state index contributed by atoms with van der Waals surface area (Å²) in [6.07, 6.45) is 1.02. The summed E-state index contributed by atoms with van der Waals surface area (Å²) in [5.74, 6) is -0.275. The molecule has 0 spiro atoms. The van der Waals surface area contributed by atoms with E-state index in [4.69, 9.17) is 5.73 Å². The van der Waals surface area contributed by atoms with Gasteiger partial charge in [0, 0.05) is 12.6 Å². The molecule has 0 radical (unpaired) electrons. The molecule has 1 aliphatic rings. The van der Waals surface area contributed by atoms with Crippen molar-refractivity contribution in [3.63, 3.8) is 0 Å². The highest BCUT2D eigenvalue weighted by Gasteiger charge is 2.36. The minimum Gasteiger partial charge on any atom is -0.353 e. The van der Waals surface area contributed by atoms with Crippen LogP contribution in [-0.2, 0) is 14.6 Å².